The average molecular weight is 472 g/mol. The summed E-state index contributed by atoms with van der Waals surface area (Å²) in [4.78, 5) is 22.1. The molecule has 10 nitrogen and oxygen atoms in total. The first-order chi connectivity index (χ1) is 16.8. The molecule has 3 heterocycles. The molecular formula is C25H25N7O3. The van der Waals surface area contributed by atoms with Gasteiger partial charge >= 0.3 is 5.69 Å². The number of hydrogen-bond donors (Lipinski definition) is 3. The van der Waals surface area contributed by atoms with Gasteiger partial charge in [0.15, 0.2) is 12.0 Å². The molecule has 0 saturated heterocycles. The Morgan fingerprint density at radius 1 is 1.26 bits per heavy atom. The summed E-state index contributed by atoms with van der Waals surface area (Å²) in [5.41, 5.74) is 16.8. The Labute approximate surface area is 200 Å². The van der Waals surface area contributed by atoms with Crippen LogP contribution in [0, 0.1) is 12.8 Å². The molecule has 3 aromatic heterocycles. The second-order valence-electron chi connectivity index (χ2n) is 8.57. The lowest BCUT2D eigenvalue weighted by molar-refractivity contribution is 0.422. The highest BCUT2D eigenvalue weighted by molar-refractivity contribution is 5.92. The lowest BCUT2D eigenvalue weighted by Gasteiger charge is -2.13. The van der Waals surface area contributed by atoms with Gasteiger partial charge in [-0.2, -0.15) is 0 Å². The number of oxazole rings is 1. The zero-order valence-corrected chi connectivity index (χ0v) is 19.6. The Morgan fingerprint density at radius 3 is 2.57 bits per heavy atom. The Bertz CT molecular complexity index is 1590. The van der Waals surface area contributed by atoms with E-state index in [1.54, 1.807) is 19.9 Å². The van der Waals surface area contributed by atoms with Gasteiger partial charge in [-0.05, 0) is 38.0 Å². The van der Waals surface area contributed by atoms with Crippen LogP contribution >= 0.6 is 0 Å². The summed E-state index contributed by atoms with van der Waals surface area (Å²) in [5.74, 6) is 0.703. The summed E-state index contributed by atoms with van der Waals surface area (Å²) < 4.78 is 7.83. The third kappa shape index (κ3) is 3.88. The number of aliphatic hydroxyl groups is 1. The van der Waals surface area contributed by atoms with E-state index >= 15 is 0 Å². The molecule has 10 heteroatoms. The number of rotatable bonds is 6. The molecule has 4 aromatic rings. The second kappa shape index (κ2) is 8.32. The van der Waals surface area contributed by atoms with Crippen LogP contribution in [0.4, 0.5) is 5.95 Å². The molecule has 0 aliphatic heterocycles. The van der Waals surface area contributed by atoms with Gasteiger partial charge < -0.3 is 21.0 Å². The van der Waals surface area contributed by atoms with Crippen LogP contribution in [0.25, 0.3) is 22.5 Å². The maximum atomic E-state index is 13.3. The molecule has 1 unspecified atom stereocenters. The van der Waals surface area contributed by atoms with E-state index in [9.17, 15) is 9.90 Å². The van der Waals surface area contributed by atoms with Crippen LogP contribution in [0.3, 0.4) is 0 Å². The highest BCUT2D eigenvalue weighted by Crippen LogP contribution is 2.41. The average Bonchev–Trinajstić information content (AvgIpc) is 3.13. The minimum atomic E-state index is -0.454. The second-order valence-corrected chi connectivity index (χ2v) is 8.57. The molecule has 0 amide bonds. The van der Waals surface area contributed by atoms with E-state index in [0.29, 0.717) is 45.4 Å². The molecule has 0 saturated carbocycles. The van der Waals surface area contributed by atoms with E-state index in [1.807, 2.05) is 43.3 Å². The number of nitrogen functional groups attached to an aromatic ring is 1. The first-order valence-electron chi connectivity index (χ1n) is 11.0. The lowest BCUT2D eigenvalue weighted by Crippen LogP contribution is -2.24. The fraction of sp³-hybridized carbons (Fsp3) is 0.200. The van der Waals surface area contributed by atoms with Gasteiger partial charge in [-0.15, -0.1) is 5.10 Å². The molecular weight excluding hydrogens is 446 g/mol. The monoisotopic (exact) mass is 471 g/mol. The standard InChI is InChI=1S/C25H25N7O3/c1-13(26)9-17(10-18-14(2)22(18)33)20-21(16-7-5-4-6-8-16)29-24(27)32-23(20)30-31(25(32)34)11-19-15(3)35-12-28-19/h4-10,12,18,33H,11,26H2,1-3H3,(H2,27,29)/b13-9-,17-10+. The lowest BCUT2D eigenvalue weighted by atomic mass is 9.97. The van der Waals surface area contributed by atoms with Gasteiger partial charge in [-0.3, -0.25) is 0 Å². The van der Waals surface area contributed by atoms with E-state index in [0.717, 1.165) is 11.1 Å². The molecule has 178 valence electrons. The van der Waals surface area contributed by atoms with Gasteiger partial charge in [0.05, 0.1) is 23.7 Å². The summed E-state index contributed by atoms with van der Waals surface area (Å²) in [5, 5.41) is 14.8. The van der Waals surface area contributed by atoms with Crippen molar-refractivity contribution in [3.63, 3.8) is 0 Å². The number of nitrogens with two attached hydrogens (primary N) is 2. The highest BCUT2D eigenvalue weighted by atomic mass is 16.3. The van der Waals surface area contributed by atoms with Crippen molar-refractivity contribution in [2.24, 2.45) is 11.7 Å². The van der Waals surface area contributed by atoms with E-state index in [2.05, 4.69) is 15.1 Å². The summed E-state index contributed by atoms with van der Waals surface area (Å²) in [6, 6.07) is 9.51. The van der Waals surface area contributed by atoms with Crippen LogP contribution in [-0.2, 0) is 6.54 Å². The molecule has 1 aliphatic rings. The molecule has 0 radical (unpaired) electrons. The van der Waals surface area contributed by atoms with Crippen molar-refractivity contribution in [3.8, 4) is 11.3 Å². The summed E-state index contributed by atoms with van der Waals surface area (Å²) in [6.07, 6.45) is 5.00. The summed E-state index contributed by atoms with van der Waals surface area (Å²) >= 11 is 0. The predicted molar refractivity (Wildman–Crippen MR) is 132 cm³/mol. The van der Waals surface area contributed by atoms with Crippen LogP contribution in [0.2, 0.25) is 0 Å². The third-order valence-electron chi connectivity index (χ3n) is 6.05. The summed E-state index contributed by atoms with van der Waals surface area (Å²) in [6.45, 7) is 5.51. The molecule has 1 aromatic carbocycles. The molecule has 5 rings (SSSR count). The van der Waals surface area contributed by atoms with E-state index in [-0.39, 0.29) is 18.4 Å². The highest BCUT2D eigenvalue weighted by Gasteiger charge is 2.32. The Balaban J connectivity index is 1.81. The van der Waals surface area contributed by atoms with Crippen LogP contribution in [0.15, 0.2) is 75.1 Å². The predicted octanol–water partition coefficient (Wildman–Crippen LogP) is 3.19. The number of nitrogens with zero attached hydrogens (tertiary/aromatic N) is 5. The SMILES string of the molecule is CC1=C(O)C1/C=C(\C=C(\C)N)c1c(-c2ccccc2)nc(N)n2c(=O)n(Cc3ncoc3C)nc12. The Morgan fingerprint density at radius 2 is 1.97 bits per heavy atom. The van der Waals surface area contributed by atoms with E-state index in [1.165, 1.54) is 15.5 Å². The first-order valence-corrected chi connectivity index (χ1v) is 11.0. The zero-order valence-electron chi connectivity index (χ0n) is 19.6. The van der Waals surface area contributed by atoms with Gasteiger partial charge in [-0.1, -0.05) is 36.4 Å². The molecule has 0 bridgehead atoms. The van der Waals surface area contributed by atoms with Crippen molar-refractivity contribution in [2.75, 3.05) is 5.73 Å². The number of fused-ring (bicyclic) bond motifs is 1. The van der Waals surface area contributed by atoms with Crippen molar-refractivity contribution in [2.45, 2.75) is 27.3 Å². The molecule has 1 atom stereocenters. The molecule has 0 fully saturated rings. The number of aromatic nitrogens is 5. The fourth-order valence-electron chi connectivity index (χ4n) is 4.07. The van der Waals surface area contributed by atoms with Crippen molar-refractivity contribution >= 4 is 17.2 Å². The smallest absolute Gasteiger partial charge is 0.353 e. The van der Waals surface area contributed by atoms with Crippen LogP contribution < -0.4 is 17.2 Å². The van der Waals surface area contributed by atoms with Crippen molar-refractivity contribution < 1.29 is 9.52 Å². The Hall–Kier alpha value is -4.60. The molecule has 0 spiro atoms. The number of allylic oxidation sites excluding steroid dienone is 5. The quantitative estimate of drug-likeness (QED) is 0.363. The summed E-state index contributed by atoms with van der Waals surface area (Å²) in [7, 11) is 0. The van der Waals surface area contributed by atoms with E-state index < -0.39 is 5.69 Å². The van der Waals surface area contributed by atoms with Gasteiger partial charge in [0, 0.05) is 11.3 Å². The third-order valence-corrected chi connectivity index (χ3v) is 6.05. The van der Waals surface area contributed by atoms with Crippen LogP contribution in [-0.4, -0.2) is 29.3 Å². The number of hydrogen-bond acceptors (Lipinski definition) is 8. The Kier molecular flexibility index (Phi) is 5.28. The maximum Gasteiger partial charge on any atom is 0.353 e. The number of aliphatic hydroxyl groups excluding tert-OH is 1. The first kappa shape index (κ1) is 22.2. The molecule has 5 N–H and O–H groups in total. The minimum absolute atomic E-state index is 0.00658. The van der Waals surface area contributed by atoms with E-state index in [4.69, 9.17) is 15.9 Å². The molecule has 35 heavy (non-hydrogen) atoms. The van der Waals surface area contributed by atoms with Crippen molar-refractivity contribution in [1.29, 1.82) is 0 Å². The zero-order chi connectivity index (χ0) is 24.9. The van der Waals surface area contributed by atoms with Crippen molar-refractivity contribution in [1.82, 2.24) is 24.1 Å². The van der Waals surface area contributed by atoms with Crippen LogP contribution in [0.5, 0.6) is 0 Å². The fourth-order valence-corrected chi connectivity index (χ4v) is 4.07. The number of anilines is 1. The largest absolute Gasteiger partial charge is 0.511 e. The van der Waals surface area contributed by atoms with Crippen LogP contribution in [0.1, 0.15) is 30.9 Å². The van der Waals surface area contributed by atoms with Crippen molar-refractivity contribution in [3.05, 3.63) is 93.4 Å². The van der Waals surface area contributed by atoms with Gasteiger partial charge in [0.1, 0.15) is 17.2 Å². The topological polar surface area (TPSA) is 150 Å². The van der Waals surface area contributed by atoms with Gasteiger partial charge in [0.2, 0.25) is 5.95 Å². The minimum Gasteiger partial charge on any atom is -0.511 e. The normalized spacial score (nSPS) is 16.4. The van der Waals surface area contributed by atoms with Gasteiger partial charge in [0.25, 0.3) is 0 Å². The number of aryl methyl sites for hydroxylation is 1. The van der Waals surface area contributed by atoms with Gasteiger partial charge in [-0.25, -0.2) is 23.8 Å². The maximum absolute atomic E-state index is 13.3. The number of benzene rings is 1. The molecule has 1 aliphatic carbocycles.